The number of thiazole rings is 1. The number of aryl methyl sites for hydroxylation is 1. The van der Waals surface area contributed by atoms with Gasteiger partial charge in [-0.3, -0.25) is 4.79 Å². The molecule has 1 N–H and O–H groups in total. The van der Waals surface area contributed by atoms with Crippen LogP contribution in [0, 0.1) is 6.92 Å². The Labute approximate surface area is 124 Å². The van der Waals surface area contributed by atoms with Crippen molar-refractivity contribution >= 4 is 33.8 Å². The van der Waals surface area contributed by atoms with Gasteiger partial charge in [0, 0.05) is 10.9 Å². The van der Waals surface area contributed by atoms with Crippen molar-refractivity contribution in [2.45, 2.75) is 6.92 Å². The Balaban J connectivity index is 1.78. The number of hydrogen-bond acceptors (Lipinski definition) is 5. The van der Waals surface area contributed by atoms with Gasteiger partial charge in [-0.25, -0.2) is 4.98 Å². The Morgan fingerprint density at radius 2 is 2.05 bits per heavy atom. The van der Waals surface area contributed by atoms with Crippen LogP contribution in [0.3, 0.4) is 0 Å². The van der Waals surface area contributed by atoms with Crippen molar-refractivity contribution in [3.8, 4) is 10.6 Å². The van der Waals surface area contributed by atoms with Crippen molar-refractivity contribution in [2.24, 2.45) is 0 Å². The number of amides is 1. The van der Waals surface area contributed by atoms with E-state index < -0.39 is 0 Å². The second-order valence-corrected chi connectivity index (χ2v) is 5.85. The monoisotopic (exact) mass is 301 g/mol. The summed E-state index contributed by atoms with van der Waals surface area (Å²) < 4.78 is 4.13. The summed E-state index contributed by atoms with van der Waals surface area (Å²) in [4.78, 5) is 16.5. The Hall–Kier alpha value is -2.05. The number of nitrogens with one attached hydrogen (secondary N) is 1. The van der Waals surface area contributed by atoms with Crippen LogP contribution in [0.2, 0.25) is 0 Å². The predicted molar refractivity (Wildman–Crippen MR) is 82.4 cm³/mol. The van der Waals surface area contributed by atoms with Crippen molar-refractivity contribution in [3.05, 3.63) is 53.2 Å². The molecule has 1 aromatic carbocycles. The van der Waals surface area contributed by atoms with Gasteiger partial charge in [-0.2, -0.15) is 4.37 Å². The fraction of sp³-hybridized carbons (Fsp3) is 0.0714. The minimum atomic E-state index is -0.202. The van der Waals surface area contributed by atoms with E-state index in [-0.39, 0.29) is 5.91 Å². The maximum absolute atomic E-state index is 12.1. The van der Waals surface area contributed by atoms with E-state index in [1.165, 1.54) is 22.9 Å². The first-order chi connectivity index (χ1) is 9.72. The van der Waals surface area contributed by atoms with Crippen LogP contribution in [0.5, 0.6) is 0 Å². The van der Waals surface area contributed by atoms with Crippen LogP contribution < -0.4 is 5.32 Å². The molecule has 3 aromatic rings. The molecule has 1 amide bonds. The minimum Gasteiger partial charge on any atom is -0.311 e. The van der Waals surface area contributed by atoms with Crippen molar-refractivity contribution in [1.29, 1.82) is 0 Å². The normalized spacial score (nSPS) is 10.4. The maximum Gasteiger partial charge on any atom is 0.275 e. The quantitative estimate of drug-likeness (QED) is 0.800. The molecule has 2 heterocycles. The maximum atomic E-state index is 12.1. The number of hydrogen-bond donors (Lipinski definition) is 1. The van der Waals surface area contributed by atoms with E-state index in [9.17, 15) is 4.79 Å². The van der Waals surface area contributed by atoms with Crippen LogP contribution in [0.15, 0.2) is 41.8 Å². The highest BCUT2D eigenvalue weighted by Gasteiger charge is 2.12. The summed E-state index contributed by atoms with van der Waals surface area (Å²) in [7, 11) is 0. The minimum absolute atomic E-state index is 0.202. The fourth-order valence-corrected chi connectivity index (χ4v) is 3.15. The zero-order chi connectivity index (χ0) is 13.9. The molecule has 0 fully saturated rings. The van der Waals surface area contributed by atoms with Crippen LogP contribution in [-0.4, -0.2) is 15.3 Å². The Morgan fingerprint density at radius 1 is 1.25 bits per heavy atom. The summed E-state index contributed by atoms with van der Waals surface area (Å²) in [5.41, 5.74) is 2.35. The van der Waals surface area contributed by atoms with E-state index >= 15 is 0 Å². The van der Waals surface area contributed by atoms with E-state index in [1.54, 1.807) is 5.38 Å². The van der Waals surface area contributed by atoms with Gasteiger partial charge >= 0.3 is 0 Å². The molecule has 0 aliphatic rings. The van der Waals surface area contributed by atoms with Gasteiger partial charge in [0.1, 0.15) is 15.7 Å². The van der Waals surface area contributed by atoms with Crippen LogP contribution >= 0.6 is 22.9 Å². The predicted octanol–water partition coefficient (Wildman–Crippen LogP) is 3.83. The zero-order valence-electron chi connectivity index (χ0n) is 10.7. The lowest BCUT2D eigenvalue weighted by Crippen LogP contribution is -2.11. The van der Waals surface area contributed by atoms with Crippen molar-refractivity contribution in [2.75, 3.05) is 5.32 Å². The summed E-state index contributed by atoms with van der Waals surface area (Å²) in [6, 6.07) is 11.7. The van der Waals surface area contributed by atoms with E-state index in [4.69, 9.17) is 0 Å². The van der Waals surface area contributed by atoms with Gasteiger partial charge in [0.15, 0.2) is 0 Å². The molecule has 0 bridgehead atoms. The third-order valence-corrected chi connectivity index (χ3v) is 4.31. The zero-order valence-corrected chi connectivity index (χ0v) is 12.3. The third-order valence-electron chi connectivity index (χ3n) is 2.62. The number of rotatable bonds is 3. The Kier molecular flexibility index (Phi) is 3.58. The summed E-state index contributed by atoms with van der Waals surface area (Å²) >= 11 is 2.73. The van der Waals surface area contributed by atoms with Crippen LogP contribution in [0.1, 0.15) is 16.2 Å². The molecule has 3 rings (SSSR count). The van der Waals surface area contributed by atoms with Crippen molar-refractivity contribution in [1.82, 2.24) is 9.36 Å². The molecule has 6 heteroatoms. The van der Waals surface area contributed by atoms with Crippen molar-refractivity contribution < 1.29 is 4.79 Å². The highest BCUT2D eigenvalue weighted by molar-refractivity contribution is 7.13. The summed E-state index contributed by atoms with van der Waals surface area (Å²) in [6.07, 6.45) is 0. The number of nitrogens with zero attached hydrogens (tertiary/aromatic N) is 2. The third kappa shape index (κ3) is 2.76. The fourth-order valence-electron chi connectivity index (χ4n) is 1.69. The average Bonchev–Trinajstić information content (AvgIpc) is 3.09. The van der Waals surface area contributed by atoms with Crippen LogP contribution in [0.25, 0.3) is 10.6 Å². The van der Waals surface area contributed by atoms with Gasteiger partial charge in [0.05, 0.1) is 5.69 Å². The second kappa shape index (κ2) is 5.52. The Morgan fingerprint density at radius 3 is 2.75 bits per heavy atom. The molecule has 4 nitrogen and oxygen atoms in total. The number of carbonyl (C=O) groups is 1. The first-order valence-corrected chi connectivity index (χ1v) is 7.63. The van der Waals surface area contributed by atoms with E-state index in [0.29, 0.717) is 5.69 Å². The molecule has 0 radical (unpaired) electrons. The van der Waals surface area contributed by atoms with E-state index in [0.717, 1.165) is 21.3 Å². The Bertz CT molecular complexity index is 734. The topological polar surface area (TPSA) is 54.9 Å². The van der Waals surface area contributed by atoms with E-state index in [1.807, 2.05) is 43.3 Å². The lowest BCUT2D eigenvalue weighted by molar-refractivity contribution is 0.102. The van der Waals surface area contributed by atoms with Crippen molar-refractivity contribution in [3.63, 3.8) is 0 Å². The number of aromatic nitrogens is 2. The van der Waals surface area contributed by atoms with Crippen LogP contribution in [0.4, 0.5) is 5.00 Å². The van der Waals surface area contributed by atoms with Crippen LogP contribution in [-0.2, 0) is 0 Å². The van der Waals surface area contributed by atoms with E-state index in [2.05, 4.69) is 14.7 Å². The lowest BCUT2D eigenvalue weighted by Gasteiger charge is -1.97. The molecule has 2 aromatic heterocycles. The SMILES string of the molecule is Cc1cc(NC(=O)c2csc(-c3ccccc3)n2)sn1. The highest BCUT2D eigenvalue weighted by atomic mass is 32.1. The van der Waals surface area contributed by atoms with Gasteiger partial charge in [-0.1, -0.05) is 30.3 Å². The molecule has 0 saturated heterocycles. The summed E-state index contributed by atoms with van der Waals surface area (Å²) in [5.74, 6) is -0.202. The molecule has 100 valence electrons. The molecule has 0 aliphatic heterocycles. The standard InChI is InChI=1S/C14H11N3OS2/c1-9-7-12(20-17-9)16-13(18)11-8-19-14(15-11)10-5-3-2-4-6-10/h2-8H,1H3,(H,16,18). The first-order valence-electron chi connectivity index (χ1n) is 5.98. The molecule has 0 aliphatic carbocycles. The largest absolute Gasteiger partial charge is 0.311 e. The molecular weight excluding hydrogens is 290 g/mol. The number of benzene rings is 1. The molecule has 0 unspecified atom stereocenters. The average molecular weight is 301 g/mol. The number of carbonyl (C=O) groups excluding carboxylic acids is 1. The summed E-state index contributed by atoms with van der Waals surface area (Å²) in [6.45, 7) is 1.89. The van der Waals surface area contributed by atoms with Gasteiger partial charge < -0.3 is 5.32 Å². The molecular formula is C14H11N3OS2. The molecule has 0 atom stereocenters. The smallest absolute Gasteiger partial charge is 0.275 e. The van der Waals surface area contributed by atoms with Gasteiger partial charge in [0.25, 0.3) is 5.91 Å². The second-order valence-electron chi connectivity index (χ2n) is 4.19. The lowest BCUT2D eigenvalue weighted by atomic mass is 10.2. The molecule has 0 saturated carbocycles. The van der Waals surface area contributed by atoms with Gasteiger partial charge in [-0.05, 0) is 24.5 Å². The highest BCUT2D eigenvalue weighted by Crippen LogP contribution is 2.24. The first kappa shape index (κ1) is 13.0. The van der Waals surface area contributed by atoms with Gasteiger partial charge in [0.2, 0.25) is 0 Å². The molecule has 20 heavy (non-hydrogen) atoms. The van der Waals surface area contributed by atoms with Gasteiger partial charge in [-0.15, -0.1) is 11.3 Å². The number of anilines is 1. The summed E-state index contributed by atoms with van der Waals surface area (Å²) in [5, 5.41) is 6.16. The molecule has 0 spiro atoms.